The van der Waals surface area contributed by atoms with Crippen LogP contribution in [0.3, 0.4) is 0 Å². The predicted octanol–water partition coefficient (Wildman–Crippen LogP) is 4.19. The monoisotopic (exact) mass is 374 g/mol. The molecule has 0 saturated heterocycles. The van der Waals surface area contributed by atoms with E-state index in [9.17, 15) is 13.6 Å². The number of benzene rings is 1. The minimum absolute atomic E-state index is 0.106. The molecule has 0 aliphatic heterocycles. The van der Waals surface area contributed by atoms with Gasteiger partial charge in [-0.2, -0.15) is 0 Å². The fourth-order valence-corrected chi connectivity index (χ4v) is 2.43. The van der Waals surface area contributed by atoms with Crippen molar-refractivity contribution >= 4 is 44.3 Å². The zero-order chi connectivity index (χ0) is 10.9. The Morgan fingerprint density at radius 2 is 2.07 bits per heavy atom. The summed E-state index contributed by atoms with van der Waals surface area (Å²) in [6.45, 7) is 1.36. The molecule has 0 aliphatic rings. The van der Waals surface area contributed by atoms with Gasteiger partial charge in [-0.05, 0) is 41.6 Å². The van der Waals surface area contributed by atoms with E-state index in [0.717, 1.165) is 0 Å². The van der Waals surface area contributed by atoms with E-state index in [1.54, 1.807) is 28.7 Å². The first-order valence-corrected chi connectivity index (χ1v) is 5.58. The lowest BCUT2D eigenvalue weighted by molar-refractivity contribution is 0.101. The van der Waals surface area contributed by atoms with E-state index >= 15 is 0 Å². The number of carbonyl (C=O) groups excluding carboxylic acids is 1. The van der Waals surface area contributed by atoms with E-state index in [1.807, 2.05) is 0 Å². The van der Waals surface area contributed by atoms with Gasteiger partial charge in [0.15, 0.2) is 5.78 Å². The van der Waals surface area contributed by atoms with Gasteiger partial charge in [-0.15, -0.1) is 0 Å². The van der Waals surface area contributed by atoms with Gasteiger partial charge in [0.1, 0.15) is 0 Å². The van der Waals surface area contributed by atoms with Gasteiger partial charge >= 0.3 is 0 Å². The molecule has 1 aromatic carbocycles. The number of hydrogen-bond acceptors (Lipinski definition) is 1. The molecule has 76 valence electrons. The predicted molar refractivity (Wildman–Crippen MR) is 61.8 cm³/mol. The van der Waals surface area contributed by atoms with Crippen LogP contribution in [0, 0.1) is 3.57 Å². The SMILES string of the molecule is CC(=O)c1cc(Br)cc(C(F)F)c1I. The molecule has 0 heterocycles. The Kier molecular flexibility index (Phi) is 4.00. The lowest BCUT2D eigenvalue weighted by Crippen LogP contribution is -2.01. The number of ketones is 1. The summed E-state index contributed by atoms with van der Waals surface area (Å²) in [5.41, 5.74) is 0.223. The highest BCUT2D eigenvalue weighted by Crippen LogP contribution is 2.30. The van der Waals surface area contributed by atoms with Gasteiger partial charge in [-0.25, -0.2) is 8.78 Å². The van der Waals surface area contributed by atoms with Crippen molar-refractivity contribution in [1.29, 1.82) is 0 Å². The van der Waals surface area contributed by atoms with Crippen LogP contribution in [0.5, 0.6) is 0 Å². The van der Waals surface area contributed by atoms with Crippen LogP contribution in [0.4, 0.5) is 8.78 Å². The molecule has 0 aromatic heterocycles. The minimum atomic E-state index is -2.56. The van der Waals surface area contributed by atoms with Crippen molar-refractivity contribution in [2.24, 2.45) is 0 Å². The average molecular weight is 375 g/mol. The highest BCUT2D eigenvalue weighted by Gasteiger charge is 2.17. The Balaban J connectivity index is 3.40. The van der Waals surface area contributed by atoms with Crippen LogP contribution in [0.15, 0.2) is 16.6 Å². The summed E-state index contributed by atoms with van der Waals surface area (Å²) in [4.78, 5) is 11.1. The maximum Gasteiger partial charge on any atom is 0.264 e. The molecular weight excluding hydrogens is 369 g/mol. The smallest absolute Gasteiger partial charge is 0.264 e. The Morgan fingerprint density at radius 3 is 2.50 bits per heavy atom. The maximum atomic E-state index is 12.5. The number of rotatable bonds is 2. The van der Waals surface area contributed by atoms with Crippen LogP contribution in [0.2, 0.25) is 0 Å². The van der Waals surface area contributed by atoms with Crippen molar-refractivity contribution in [3.63, 3.8) is 0 Å². The van der Waals surface area contributed by atoms with E-state index in [4.69, 9.17) is 0 Å². The first-order valence-electron chi connectivity index (χ1n) is 3.71. The van der Waals surface area contributed by atoms with Crippen LogP contribution in [0.1, 0.15) is 29.3 Å². The average Bonchev–Trinajstić information content (AvgIpc) is 2.07. The van der Waals surface area contributed by atoms with Crippen molar-refractivity contribution < 1.29 is 13.6 Å². The van der Waals surface area contributed by atoms with Gasteiger partial charge in [0.05, 0.1) is 0 Å². The van der Waals surface area contributed by atoms with Crippen LogP contribution >= 0.6 is 38.5 Å². The largest absolute Gasteiger partial charge is 0.294 e. The number of hydrogen-bond donors (Lipinski definition) is 0. The number of alkyl halides is 2. The van der Waals surface area contributed by atoms with Crippen molar-refractivity contribution in [2.45, 2.75) is 13.3 Å². The first kappa shape index (κ1) is 12.0. The molecule has 0 saturated carbocycles. The van der Waals surface area contributed by atoms with Gasteiger partial charge in [0.2, 0.25) is 0 Å². The normalized spacial score (nSPS) is 10.7. The Morgan fingerprint density at radius 1 is 1.50 bits per heavy atom. The van der Waals surface area contributed by atoms with Crippen molar-refractivity contribution in [1.82, 2.24) is 0 Å². The molecule has 1 rings (SSSR count). The summed E-state index contributed by atoms with van der Waals surface area (Å²) >= 11 is 4.86. The van der Waals surface area contributed by atoms with Gasteiger partial charge in [0, 0.05) is 19.2 Å². The van der Waals surface area contributed by atoms with Gasteiger partial charge < -0.3 is 0 Å². The molecule has 0 N–H and O–H groups in total. The van der Waals surface area contributed by atoms with Gasteiger partial charge in [0.25, 0.3) is 6.43 Å². The van der Waals surface area contributed by atoms with E-state index in [1.165, 1.54) is 13.0 Å². The topological polar surface area (TPSA) is 17.1 Å². The summed E-state index contributed by atoms with van der Waals surface area (Å²) < 4.78 is 25.9. The highest BCUT2D eigenvalue weighted by atomic mass is 127. The zero-order valence-electron chi connectivity index (χ0n) is 7.15. The second-order valence-corrected chi connectivity index (χ2v) is 4.71. The summed E-state index contributed by atoms with van der Waals surface area (Å²) in [5.74, 6) is -0.211. The van der Waals surface area contributed by atoms with Crippen molar-refractivity contribution in [2.75, 3.05) is 0 Å². The lowest BCUT2D eigenvalue weighted by Gasteiger charge is -2.08. The molecule has 0 amide bonds. The summed E-state index contributed by atoms with van der Waals surface area (Å²) in [6.07, 6.45) is -2.56. The third kappa shape index (κ3) is 2.50. The van der Waals surface area contributed by atoms with Gasteiger partial charge in [-0.3, -0.25) is 4.79 Å². The number of Topliss-reactive ketones (excluding diaryl/α,β-unsaturated/α-hetero) is 1. The summed E-state index contributed by atoms with van der Waals surface area (Å²) in [5, 5.41) is 0. The third-order valence-electron chi connectivity index (χ3n) is 1.68. The Bertz CT molecular complexity index is 379. The fraction of sp³-hybridized carbons (Fsp3) is 0.222. The molecule has 0 unspecified atom stereocenters. The van der Waals surface area contributed by atoms with Crippen LogP contribution in [0.25, 0.3) is 0 Å². The minimum Gasteiger partial charge on any atom is -0.294 e. The molecule has 0 aliphatic carbocycles. The van der Waals surface area contributed by atoms with E-state index in [-0.39, 0.29) is 11.3 Å². The van der Waals surface area contributed by atoms with Crippen LogP contribution in [-0.4, -0.2) is 5.78 Å². The molecule has 0 spiro atoms. The van der Waals surface area contributed by atoms with Gasteiger partial charge in [-0.1, -0.05) is 15.9 Å². The third-order valence-corrected chi connectivity index (χ3v) is 3.34. The Labute approximate surface area is 102 Å². The molecule has 14 heavy (non-hydrogen) atoms. The van der Waals surface area contributed by atoms with E-state index in [2.05, 4.69) is 15.9 Å². The number of carbonyl (C=O) groups is 1. The summed E-state index contributed by atoms with van der Waals surface area (Å²) in [7, 11) is 0. The summed E-state index contributed by atoms with van der Waals surface area (Å²) in [6, 6.07) is 2.88. The molecule has 1 nitrogen and oxygen atoms in total. The quantitative estimate of drug-likeness (QED) is 0.560. The second kappa shape index (κ2) is 4.65. The van der Waals surface area contributed by atoms with Crippen molar-refractivity contribution in [3.05, 3.63) is 31.3 Å². The van der Waals surface area contributed by atoms with Crippen LogP contribution in [-0.2, 0) is 0 Å². The van der Waals surface area contributed by atoms with E-state index < -0.39 is 6.43 Å². The molecule has 5 heteroatoms. The molecular formula is C9H6BrF2IO. The standard InChI is InChI=1S/C9H6BrF2IO/c1-4(14)6-2-5(10)3-7(8(6)13)9(11)12/h2-3,9H,1H3. The lowest BCUT2D eigenvalue weighted by atomic mass is 10.1. The first-order chi connectivity index (χ1) is 6.43. The number of halogens is 4. The fourth-order valence-electron chi connectivity index (χ4n) is 1.03. The van der Waals surface area contributed by atoms with Crippen molar-refractivity contribution in [3.8, 4) is 0 Å². The zero-order valence-corrected chi connectivity index (χ0v) is 10.9. The highest BCUT2D eigenvalue weighted by molar-refractivity contribution is 14.1. The van der Waals surface area contributed by atoms with E-state index in [0.29, 0.717) is 13.6 Å². The maximum absolute atomic E-state index is 12.5. The second-order valence-electron chi connectivity index (χ2n) is 2.71. The molecule has 0 bridgehead atoms. The molecule has 0 atom stereocenters. The molecule has 0 radical (unpaired) electrons. The molecule has 0 fully saturated rings. The van der Waals surface area contributed by atoms with Crippen LogP contribution < -0.4 is 0 Å². The molecule has 1 aromatic rings. The Hall–Kier alpha value is -0.0400.